The molecule has 0 aliphatic carbocycles. The van der Waals surface area contributed by atoms with Crippen LogP contribution in [0.2, 0.25) is 0 Å². The van der Waals surface area contributed by atoms with E-state index in [0.29, 0.717) is 11.5 Å². The van der Waals surface area contributed by atoms with Gasteiger partial charge in [-0.25, -0.2) is 4.79 Å². The first kappa shape index (κ1) is 21.4. The van der Waals surface area contributed by atoms with Gasteiger partial charge in [0.25, 0.3) is 0 Å². The molecule has 0 spiro atoms. The summed E-state index contributed by atoms with van der Waals surface area (Å²) in [6, 6.07) is 24.1. The summed E-state index contributed by atoms with van der Waals surface area (Å²) >= 11 is 0. The zero-order chi connectivity index (χ0) is 22.7. The summed E-state index contributed by atoms with van der Waals surface area (Å²) in [5.74, 6) is 0.106. The molecule has 0 saturated carbocycles. The number of benzene rings is 3. The number of carbonyl (C=O) groups is 2. The minimum Gasteiger partial charge on any atom is -0.456 e. The maximum atomic E-state index is 12.7. The Balaban J connectivity index is 1.46. The Kier molecular flexibility index (Phi) is 5.82. The van der Waals surface area contributed by atoms with E-state index in [-0.39, 0.29) is 23.4 Å². The van der Waals surface area contributed by atoms with Crippen molar-refractivity contribution < 1.29 is 19.1 Å². The molecule has 0 amide bonds. The quantitative estimate of drug-likeness (QED) is 0.383. The minimum atomic E-state index is -0.606. The number of nitrogens with zero attached hydrogens (tertiary/aromatic N) is 1. The van der Waals surface area contributed by atoms with Crippen LogP contribution in [0.15, 0.2) is 90.6 Å². The van der Waals surface area contributed by atoms with Crippen LogP contribution >= 0.6 is 0 Å². The highest BCUT2D eigenvalue weighted by Gasteiger charge is 2.38. The molecule has 162 valence electrons. The van der Waals surface area contributed by atoms with E-state index in [1.54, 1.807) is 42.5 Å². The second-order valence-electron chi connectivity index (χ2n) is 8.18. The van der Waals surface area contributed by atoms with Gasteiger partial charge in [-0.15, -0.1) is 0 Å². The molecule has 1 aliphatic heterocycles. The van der Waals surface area contributed by atoms with Crippen molar-refractivity contribution in [3.63, 3.8) is 0 Å². The van der Waals surface area contributed by atoms with Crippen LogP contribution in [0.25, 0.3) is 0 Å². The van der Waals surface area contributed by atoms with Crippen LogP contribution in [0.5, 0.6) is 11.5 Å². The lowest BCUT2D eigenvalue weighted by Gasteiger charge is -2.23. The van der Waals surface area contributed by atoms with Crippen LogP contribution in [-0.2, 0) is 14.9 Å². The van der Waals surface area contributed by atoms with Gasteiger partial charge in [0.2, 0.25) is 0 Å². The van der Waals surface area contributed by atoms with Gasteiger partial charge in [-0.2, -0.15) is 0 Å². The molecule has 0 atom stereocenters. The molecule has 32 heavy (non-hydrogen) atoms. The molecule has 0 N–H and O–H groups in total. The Morgan fingerprint density at radius 3 is 2.31 bits per heavy atom. The smallest absolute Gasteiger partial charge is 0.342 e. The van der Waals surface area contributed by atoms with Crippen molar-refractivity contribution in [1.82, 2.24) is 0 Å². The third-order valence-electron chi connectivity index (χ3n) is 5.66. The summed E-state index contributed by atoms with van der Waals surface area (Å²) in [5.41, 5.74) is 3.04. The normalized spacial score (nSPS) is 15.3. The molecule has 0 aromatic heterocycles. The summed E-state index contributed by atoms with van der Waals surface area (Å²) in [6.45, 7) is 3.82. The van der Waals surface area contributed by atoms with Crippen molar-refractivity contribution in [1.29, 1.82) is 0 Å². The van der Waals surface area contributed by atoms with Crippen LogP contribution in [0.1, 0.15) is 29.8 Å². The lowest BCUT2D eigenvalue weighted by Crippen LogP contribution is -2.25. The van der Waals surface area contributed by atoms with Gasteiger partial charge < -0.3 is 14.4 Å². The fourth-order valence-corrected chi connectivity index (χ4v) is 4.01. The van der Waals surface area contributed by atoms with E-state index >= 15 is 0 Å². The van der Waals surface area contributed by atoms with Crippen molar-refractivity contribution in [2.75, 3.05) is 18.6 Å². The number of para-hydroxylation sites is 3. The van der Waals surface area contributed by atoms with Crippen LogP contribution in [0, 0.1) is 0 Å². The molecule has 5 heteroatoms. The zero-order valence-electron chi connectivity index (χ0n) is 18.4. The fraction of sp³-hybridized carbons (Fsp3) is 0.185. The molecule has 0 radical (unpaired) electrons. The van der Waals surface area contributed by atoms with Gasteiger partial charge in [-0.05, 0) is 35.9 Å². The highest BCUT2D eigenvalue weighted by atomic mass is 16.5. The number of ether oxygens (including phenoxy) is 2. The predicted molar refractivity (Wildman–Crippen MR) is 124 cm³/mol. The number of rotatable bonds is 6. The lowest BCUT2D eigenvalue weighted by atomic mass is 9.83. The fourth-order valence-electron chi connectivity index (χ4n) is 4.01. The highest BCUT2D eigenvalue weighted by molar-refractivity contribution is 5.97. The van der Waals surface area contributed by atoms with Crippen molar-refractivity contribution in [2.45, 2.75) is 19.3 Å². The van der Waals surface area contributed by atoms with E-state index in [1.165, 1.54) is 0 Å². The van der Waals surface area contributed by atoms with Crippen LogP contribution in [0.4, 0.5) is 5.69 Å². The minimum absolute atomic E-state index is 0.266. The summed E-state index contributed by atoms with van der Waals surface area (Å²) in [7, 11) is 1.94. The van der Waals surface area contributed by atoms with Gasteiger partial charge in [0.05, 0.1) is 0 Å². The Morgan fingerprint density at radius 1 is 0.906 bits per heavy atom. The maximum Gasteiger partial charge on any atom is 0.342 e. The van der Waals surface area contributed by atoms with Gasteiger partial charge in [0, 0.05) is 29.9 Å². The first-order valence-electron chi connectivity index (χ1n) is 10.5. The van der Waals surface area contributed by atoms with E-state index < -0.39 is 5.97 Å². The number of likely N-dealkylation sites (N-methyl/N-ethyl adjacent to an activating group) is 1. The predicted octanol–water partition coefficient (Wildman–Crippen LogP) is 5.52. The summed E-state index contributed by atoms with van der Waals surface area (Å²) in [4.78, 5) is 27.4. The number of hydrogen-bond donors (Lipinski definition) is 0. The molecule has 3 aromatic carbocycles. The molecular weight excluding hydrogens is 402 g/mol. The first-order chi connectivity index (χ1) is 15.4. The van der Waals surface area contributed by atoms with E-state index in [2.05, 4.69) is 19.9 Å². The number of anilines is 1. The van der Waals surface area contributed by atoms with Crippen molar-refractivity contribution >= 4 is 17.4 Å². The molecule has 4 rings (SSSR count). The Bertz CT molecular complexity index is 1180. The van der Waals surface area contributed by atoms with E-state index in [9.17, 15) is 9.59 Å². The van der Waals surface area contributed by atoms with Crippen LogP contribution < -0.4 is 9.64 Å². The standard InChI is InChI=1S/C27H25NO4/c1-27(2)22-14-8-9-15-23(22)28(3)25(27)17-19(29)18-31-26(30)21-13-7-10-16-24(21)32-20-11-5-4-6-12-20/h4-17H,18H2,1-3H3. The number of fused-ring (bicyclic) bond motifs is 1. The monoisotopic (exact) mass is 427 g/mol. The molecule has 3 aromatic rings. The summed E-state index contributed by atoms with van der Waals surface area (Å²) in [6.07, 6.45) is 1.57. The molecule has 5 nitrogen and oxygen atoms in total. The number of allylic oxidation sites excluding steroid dienone is 1. The van der Waals surface area contributed by atoms with Gasteiger partial charge in [-0.3, -0.25) is 4.79 Å². The second-order valence-corrected chi connectivity index (χ2v) is 8.18. The van der Waals surface area contributed by atoms with Gasteiger partial charge in [-0.1, -0.05) is 62.4 Å². The third-order valence-corrected chi connectivity index (χ3v) is 5.66. The molecule has 1 aliphatic rings. The lowest BCUT2D eigenvalue weighted by molar-refractivity contribution is -0.117. The van der Waals surface area contributed by atoms with E-state index in [4.69, 9.17) is 9.47 Å². The topological polar surface area (TPSA) is 55.8 Å². The number of ketones is 1. The van der Waals surface area contributed by atoms with Gasteiger partial charge in [0.1, 0.15) is 17.1 Å². The largest absolute Gasteiger partial charge is 0.456 e. The van der Waals surface area contributed by atoms with E-state index in [0.717, 1.165) is 16.9 Å². The molecule has 0 unspecified atom stereocenters. The molecular formula is C27H25NO4. The van der Waals surface area contributed by atoms with Gasteiger partial charge >= 0.3 is 5.97 Å². The Labute approximate surface area is 187 Å². The van der Waals surface area contributed by atoms with Crippen LogP contribution in [-0.4, -0.2) is 25.4 Å². The van der Waals surface area contributed by atoms with Crippen molar-refractivity contribution in [3.8, 4) is 11.5 Å². The Hall–Kier alpha value is -3.86. The molecule has 1 heterocycles. The first-order valence-corrected chi connectivity index (χ1v) is 10.5. The molecule has 0 fully saturated rings. The maximum absolute atomic E-state index is 12.7. The third kappa shape index (κ3) is 4.14. The average Bonchev–Trinajstić information content (AvgIpc) is 2.99. The van der Waals surface area contributed by atoms with Gasteiger partial charge in [0.15, 0.2) is 12.4 Å². The van der Waals surface area contributed by atoms with E-state index in [1.807, 2.05) is 48.3 Å². The summed E-state index contributed by atoms with van der Waals surface area (Å²) < 4.78 is 11.1. The second kappa shape index (κ2) is 8.71. The van der Waals surface area contributed by atoms with Crippen molar-refractivity contribution in [2.24, 2.45) is 0 Å². The zero-order valence-corrected chi connectivity index (χ0v) is 18.4. The highest BCUT2D eigenvalue weighted by Crippen LogP contribution is 2.46. The molecule has 0 bridgehead atoms. The Morgan fingerprint density at radius 2 is 1.56 bits per heavy atom. The van der Waals surface area contributed by atoms with Crippen molar-refractivity contribution in [3.05, 3.63) is 102 Å². The number of hydrogen-bond acceptors (Lipinski definition) is 5. The molecule has 0 saturated heterocycles. The number of carbonyl (C=O) groups excluding carboxylic acids is 2. The average molecular weight is 428 g/mol. The number of esters is 1. The SMILES string of the molecule is CN1C(=CC(=O)COC(=O)c2ccccc2Oc2ccccc2)C(C)(C)c2ccccc21. The van der Waals surface area contributed by atoms with Crippen LogP contribution in [0.3, 0.4) is 0 Å². The summed E-state index contributed by atoms with van der Waals surface area (Å²) in [5, 5.41) is 0.